The van der Waals surface area contributed by atoms with Crippen molar-refractivity contribution in [3.63, 3.8) is 0 Å². The number of nitriles is 1. The second-order valence-corrected chi connectivity index (χ2v) is 1.71. The fourth-order valence-electron chi connectivity index (χ4n) is 0.259. The highest BCUT2D eigenvalue weighted by molar-refractivity contribution is 6.17. The second kappa shape index (κ2) is 4.89. The van der Waals surface area contributed by atoms with Gasteiger partial charge in [0.2, 0.25) is 0 Å². The molecule has 0 aliphatic carbocycles. The highest BCUT2D eigenvalue weighted by Gasteiger charge is 1.94. The van der Waals surface area contributed by atoms with Gasteiger partial charge in [0.15, 0.2) is 0 Å². The van der Waals surface area contributed by atoms with E-state index in [1.165, 1.54) is 0 Å². The highest BCUT2D eigenvalue weighted by Crippen LogP contribution is 1.87. The van der Waals surface area contributed by atoms with Gasteiger partial charge in [-0.1, -0.05) is 0 Å². The van der Waals surface area contributed by atoms with Crippen LogP contribution < -0.4 is 0 Å². The van der Waals surface area contributed by atoms with Gasteiger partial charge in [0.05, 0.1) is 12.7 Å². The molecular formula is C5H8ClNO. The third kappa shape index (κ3) is 3.91. The van der Waals surface area contributed by atoms with Crippen molar-refractivity contribution in [2.24, 2.45) is 0 Å². The number of hydrogen-bond acceptors (Lipinski definition) is 2. The Morgan fingerprint density at radius 3 is 2.88 bits per heavy atom. The van der Waals surface area contributed by atoms with Crippen LogP contribution in [-0.4, -0.2) is 18.6 Å². The minimum absolute atomic E-state index is 0.325. The molecule has 0 bridgehead atoms. The quantitative estimate of drug-likeness (QED) is 0.542. The van der Waals surface area contributed by atoms with E-state index >= 15 is 0 Å². The van der Waals surface area contributed by atoms with Crippen LogP contribution in [0.3, 0.4) is 0 Å². The SMILES string of the molecule is CC(C#N)OCCCl. The molecule has 0 aromatic carbocycles. The maximum Gasteiger partial charge on any atom is 0.141 e. The Labute approximate surface area is 54.0 Å². The van der Waals surface area contributed by atoms with Crippen molar-refractivity contribution in [3.05, 3.63) is 0 Å². The van der Waals surface area contributed by atoms with Crippen molar-refractivity contribution in [2.75, 3.05) is 12.5 Å². The number of alkyl halides is 1. The van der Waals surface area contributed by atoms with Crippen LogP contribution in [-0.2, 0) is 4.74 Å². The highest BCUT2D eigenvalue weighted by atomic mass is 35.5. The lowest BCUT2D eigenvalue weighted by Crippen LogP contribution is -2.06. The summed E-state index contributed by atoms with van der Waals surface area (Å²) in [7, 11) is 0. The number of halogens is 1. The molecule has 0 aliphatic heterocycles. The van der Waals surface area contributed by atoms with Crippen molar-refractivity contribution < 1.29 is 4.74 Å². The summed E-state index contributed by atoms with van der Waals surface area (Å²) < 4.78 is 4.85. The number of hydrogen-bond donors (Lipinski definition) is 0. The minimum Gasteiger partial charge on any atom is -0.362 e. The third-order valence-electron chi connectivity index (χ3n) is 0.627. The maximum atomic E-state index is 8.14. The monoisotopic (exact) mass is 133 g/mol. The zero-order valence-corrected chi connectivity index (χ0v) is 5.48. The summed E-state index contributed by atoms with van der Waals surface area (Å²) in [5.41, 5.74) is 0. The Kier molecular flexibility index (Phi) is 4.73. The molecule has 46 valence electrons. The summed E-state index contributed by atoms with van der Waals surface area (Å²) in [5, 5.41) is 8.14. The smallest absolute Gasteiger partial charge is 0.141 e. The molecule has 0 spiro atoms. The van der Waals surface area contributed by atoms with Crippen LogP contribution in [0.5, 0.6) is 0 Å². The maximum absolute atomic E-state index is 8.14. The zero-order valence-electron chi connectivity index (χ0n) is 4.72. The largest absolute Gasteiger partial charge is 0.362 e. The van der Waals surface area contributed by atoms with Crippen LogP contribution in [0.15, 0.2) is 0 Å². The molecule has 1 unspecified atom stereocenters. The first-order valence-corrected chi connectivity index (χ1v) is 2.92. The van der Waals surface area contributed by atoms with Gasteiger partial charge >= 0.3 is 0 Å². The normalized spacial score (nSPS) is 12.6. The van der Waals surface area contributed by atoms with E-state index in [9.17, 15) is 0 Å². The van der Waals surface area contributed by atoms with Gasteiger partial charge in [0, 0.05) is 5.88 Å². The van der Waals surface area contributed by atoms with Crippen molar-refractivity contribution >= 4 is 11.6 Å². The molecule has 0 saturated heterocycles. The van der Waals surface area contributed by atoms with Crippen LogP contribution in [0.4, 0.5) is 0 Å². The number of ether oxygens (including phenoxy) is 1. The summed E-state index contributed by atoms with van der Waals surface area (Å²) in [6.07, 6.45) is -0.325. The summed E-state index contributed by atoms with van der Waals surface area (Å²) in [5.74, 6) is 0.450. The second-order valence-electron chi connectivity index (χ2n) is 1.33. The molecule has 1 atom stereocenters. The van der Waals surface area contributed by atoms with E-state index in [0.29, 0.717) is 12.5 Å². The van der Waals surface area contributed by atoms with Gasteiger partial charge in [0.1, 0.15) is 6.10 Å². The Hall–Kier alpha value is -0.260. The number of rotatable bonds is 3. The van der Waals surface area contributed by atoms with E-state index < -0.39 is 0 Å². The molecule has 0 rings (SSSR count). The summed E-state index contributed by atoms with van der Waals surface area (Å²) in [6, 6.07) is 1.92. The first-order chi connectivity index (χ1) is 3.81. The molecule has 0 aliphatic rings. The van der Waals surface area contributed by atoms with E-state index in [1.807, 2.05) is 6.07 Å². The van der Waals surface area contributed by atoms with Gasteiger partial charge in [-0.05, 0) is 6.92 Å². The number of nitrogens with zero attached hydrogens (tertiary/aromatic N) is 1. The van der Waals surface area contributed by atoms with Crippen LogP contribution in [0.1, 0.15) is 6.92 Å². The van der Waals surface area contributed by atoms with Crippen molar-refractivity contribution in [3.8, 4) is 6.07 Å². The molecule has 3 heteroatoms. The Morgan fingerprint density at radius 1 is 1.88 bits per heavy atom. The van der Waals surface area contributed by atoms with Crippen molar-refractivity contribution in [2.45, 2.75) is 13.0 Å². The minimum atomic E-state index is -0.325. The van der Waals surface area contributed by atoms with E-state index in [1.54, 1.807) is 6.92 Å². The van der Waals surface area contributed by atoms with Gasteiger partial charge in [0.25, 0.3) is 0 Å². The standard InChI is InChI=1S/C5H8ClNO/c1-5(4-7)8-3-2-6/h5H,2-3H2,1H3. The Morgan fingerprint density at radius 2 is 2.50 bits per heavy atom. The molecule has 0 aromatic rings. The van der Waals surface area contributed by atoms with E-state index in [-0.39, 0.29) is 6.10 Å². The van der Waals surface area contributed by atoms with Crippen LogP contribution in [0.2, 0.25) is 0 Å². The summed E-state index contributed by atoms with van der Waals surface area (Å²) >= 11 is 5.27. The molecular weight excluding hydrogens is 126 g/mol. The molecule has 8 heavy (non-hydrogen) atoms. The predicted octanol–water partition coefficient (Wildman–Crippen LogP) is 1.15. The Bertz CT molecular complexity index is 88.9. The van der Waals surface area contributed by atoms with Crippen molar-refractivity contribution in [1.29, 1.82) is 5.26 Å². The first kappa shape index (κ1) is 7.74. The lowest BCUT2D eigenvalue weighted by atomic mass is 10.5. The molecule has 0 radical (unpaired) electrons. The zero-order chi connectivity index (χ0) is 6.41. The molecule has 0 heterocycles. The summed E-state index contributed by atoms with van der Waals surface area (Å²) in [4.78, 5) is 0. The van der Waals surface area contributed by atoms with Gasteiger partial charge in [-0.2, -0.15) is 5.26 Å². The van der Waals surface area contributed by atoms with E-state index in [2.05, 4.69) is 0 Å². The molecule has 2 nitrogen and oxygen atoms in total. The predicted molar refractivity (Wildman–Crippen MR) is 31.7 cm³/mol. The van der Waals surface area contributed by atoms with Crippen LogP contribution in [0.25, 0.3) is 0 Å². The van der Waals surface area contributed by atoms with Gasteiger partial charge < -0.3 is 4.74 Å². The average molecular weight is 134 g/mol. The van der Waals surface area contributed by atoms with Gasteiger partial charge in [-0.15, -0.1) is 11.6 Å². The van der Waals surface area contributed by atoms with Gasteiger partial charge in [-0.25, -0.2) is 0 Å². The molecule has 0 N–H and O–H groups in total. The molecule has 0 fully saturated rings. The topological polar surface area (TPSA) is 33.0 Å². The first-order valence-electron chi connectivity index (χ1n) is 2.38. The fourth-order valence-corrected chi connectivity index (χ4v) is 0.348. The van der Waals surface area contributed by atoms with E-state index in [4.69, 9.17) is 21.6 Å². The Balaban J connectivity index is 3.02. The molecule has 0 amide bonds. The third-order valence-corrected chi connectivity index (χ3v) is 0.781. The molecule has 0 saturated carbocycles. The fraction of sp³-hybridized carbons (Fsp3) is 0.800. The molecule has 0 aromatic heterocycles. The van der Waals surface area contributed by atoms with Crippen LogP contribution >= 0.6 is 11.6 Å². The van der Waals surface area contributed by atoms with Crippen LogP contribution in [0, 0.1) is 11.3 Å². The van der Waals surface area contributed by atoms with Crippen molar-refractivity contribution in [1.82, 2.24) is 0 Å². The lowest BCUT2D eigenvalue weighted by molar-refractivity contribution is 0.116. The lowest BCUT2D eigenvalue weighted by Gasteiger charge is -1.99. The average Bonchev–Trinajstić information content (AvgIpc) is 1.83. The van der Waals surface area contributed by atoms with Gasteiger partial charge in [-0.3, -0.25) is 0 Å². The summed E-state index contributed by atoms with van der Waals surface area (Å²) in [6.45, 7) is 2.14. The van der Waals surface area contributed by atoms with E-state index in [0.717, 1.165) is 0 Å².